The molecule has 0 unspecified atom stereocenters. The Morgan fingerprint density at radius 1 is 1.12 bits per heavy atom. The van der Waals surface area contributed by atoms with E-state index in [0.29, 0.717) is 0 Å². The zero-order chi connectivity index (χ0) is 16.4. The molecule has 1 aliphatic heterocycles. The van der Waals surface area contributed by atoms with Gasteiger partial charge in [0.2, 0.25) is 0 Å². The van der Waals surface area contributed by atoms with E-state index in [1.54, 1.807) is 11.3 Å². The van der Waals surface area contributed by atoms with Crippen molar-refractivity contribution in [2.45, 2.75) is 31.7 Å². The first kappa shape index (κ1) is 15.9. The van der Waals surface area contributed by atoms with Gasteiger partial charge in [0.15, 0.2) is 0 Å². The van der Waals surface area contributed by atoms with Crippen LogP contribution < -0.4 is 0 Å². The number of hydrogen-bond acceptors (Lipinski definition) is 5. The molecule has 3 aromatic rings. The lowest BCUT2D eigenvalue weighted by Crippen LogP contribution is -2.43. The lowest BCUT2D eigenvalue weighted by Gasteiger charge is -2.41. The number of aromatic nitrogens is 2. The standard InChI is InChI=1S/C19H21N3S2/c1-15-21-18(14-23-15)19(17-5-3-2-4-6-17)7-9-22(10-8-19)12-16-11-20-24-13-16/h2-6,11,13-14H,7-10,12H2,1H3. The summed E-state index contributed by atoms with van der Waals surface area (Å²) in [6, 6.07) is 10.9. The lowest BCUT2D eigenvalue weighted by molar-refractivity contribution is 0.170. The van der Waals surface area contributed by atoms with E-state index in [0.717, 1.165) is 37.5 Å². The minimum atomic E-state index is 0.0649. The fraction of sp³-hybridized carbons (Fsp3) is 0.368. The van der Waals surface area contributed by atoms with Gasteiger partial charge in [0, 0.05) is 28.9 Å². The van der Waals surface area contributed by atoms with Gasteiger partial charge < -0.3 is 0 Å². The van der Waals surface area contributed by atoms with Gasteiger partial charge in [-0.2, -0.15) is 0 Å². The maximum Gasteiger partial charge on any atom is 0.0897 e. The summed E-state index contributed by atoms with van der Waals surface area (Å²) < 4.78 is 4.22. The first-order chi connectivity index (χ1) is 11.8. The quantitative estimate of drug-likeness (QED) is 0.690. The average Bonchev–Trinajstić information content (AvgIpc) is 3.29. The lowest BCUT2D eigenvalue weighted by atomic mass is 9.70. The summed E-state index contributed by atoms with van der Waals surface area (Å²) in [4.78, 5) is 7.42. The van der Waals surface area contributed by atoms with E-state index in [1.807, 2.05) is 6.20 Å². The van der Waals surface area contributed by atoms with Gasteiger partial charge in [-0.05, 0) is 55.5 Å². The number of likely N-dealkylation sites (tertiary alicyclic amines) is 1. The first-order valence-electron chi connectivity index (χ1n) is 8.35. The second kappa shape index (κ2) is 6.75. The summed E-state index contributed by atoms with van der Waals surface area (Å²) in [7, 11) is 0. The second-order valence-corrected chi connectivity index (χ2v) is 8.23. The first-order valence-corrected chi connectivity index (χ1v) is 10.1. The van der Waals surface area contributed by atoms with E-state index in [-0.39, 0.29) is 5.41 Å². The fourth-order valence-electron chi connectivity index (χ4n) is 3.69. The van der Waals surface area contributed by atoms with Crippen LogP contribution in [-0.2, 0) is 12.0 Å². The normalized spacial score (nSPS) is 17.9. The molecule has 0 amide bonds. The Bertz CT molecular complexity index is 772. The monoisotopic (exact) mass is 355 g/mol. The van der Waals surface area contributed by atoms with Crippen molar-refractivity contribution in [2.24, 2.45) is 0 Å². The number of aryl methyl sites for hydroxylation is 1. The smallest absolute Gasteiger partial charge is 0.0897 e. The molecule has 0 spiro atoms. The molecule has 3 heterocycles. The van der Waals surface area contributed by atoms with Crippen LogP contribution >= 0.6 is 22.9 Å². The second-order valence-electron chi connectivity index (χ2n) is 6.51. The molecule has 1 saturated heterocycles. The van der Waals surface area contributed by atoms with Crippen molar-refractivity contribution >= 4 is 22.9 Å². The molecule has 1 fully saturated rings. The molecule has 2 aromatic heterocycles. The van der Waals surface area contributed by atoms with Crippen LogP contribution in [0.25, 0.3) is 0 Å². The van der Waals surface area contributed by atoms with E-state index in [9.17, 15) is 0 Å². The van der Waals surface area contributed by atoms with E-state index >= 15 is 0 Å². The van der Waals surface area contributed by atoms with Crippen LogP contribution in [0.3, 0.4) is 0 Å². The largest absolute Gasteiger partial charge is 0.299 e. The molecule has 0 atom stereocenters. The third kappa shape index (κ3) is 3.04. The van der Waals surface area contributed by atoms with Crippen LogP contribution in [0, 0.1) is 6.92 Å². The minimum absolute atomic E-state index is 0.0649. The highest BCUT2D eigenvalue weighted by atomic mass is 32.1. The third-order valence-electron chi connectivity index (χ3n) is 5.03. The number of hydrogen-bond donors (Lipinski definition) is 0. The molecule has 4 rings (SSSR count). The molecule has 0 bridgehead atoms. The van der Waals surface area contributed by atoms with Crippen LogP contribution in [-0.4, -0.2) is 27.3 Å². The molecule has 0 N–H and O–H groups in total. The molecular formula is C19H21N3S2. The Labute approximate surface area is 151 Å². The van der Waals surface area contributed by atoms with Gasteiger partial charge in [-0.1, -0.05) is 30.3 Å². The Kier molecular flexibility index (Phi) is 4.48. The van der Waals surface area contributed by atoms with Crippen LogP contribution in [0.15, 0.2) is 47.3 Å². The third-order valence-corrected chi connectivity index (χ3v) is 6.44. The SMILES string of the molecule is Cc1nc(C2(c3ccccc3)CCN(Cc3cnsc3)CC2)cs1. The Morgan fingerprint density at radius 2 is 1.92 bits per heavy atom. The van der Waals surface area contributed by atoms with Crippen molar-refractivity contribution in [2.75, 3.05) is 13.1 Å². The minimum Gasteiger partial charge on any atom is -0.299 e. The molecule has 24 heavy (non-hydrogen) atoms. The summed E-state index contributed by atoms with van der Waals surface area (Å²) in [5.41, 5.74) is 4.06. The number of nitrogens with zero attached hydrogens (tertiary/aromatic N) is 3. The van der Waals surface area contributed by atoms with Crippen LogP contribution in [0.1, 0.15) is 34.7 Å². The summed E-state index contributed by atoms with van der Waals surface area (Å²) >= 11 is 3.30. The average molecular weight is 356 g/mol. The van der Waals surface area contributed by atoms with Gasteiger partial charge in [0.1, 0.15) is 0 Å². The predicted octanol–water partition coefficient (Wildman–Crippen LogP) is 4.49. The van der Waals surface area contributed by atoms with Crippen molar-refractivity contribution < 1.29 is 0 Å². The molecule has 124 valence electrons. The van der Waals surface area contributed by atoms with Crippen molar-refractivity contribution in [3.63, 3.8) is 0 Å². The van der Waals surface area contributed by atoms with Crippen molar-refractivity contribution in [3.8, 4) is 0 Å². The highest BCUT2D eigenvalue weighted by molar-refractivity contribution is 7.09. The van der Waals surface area contributed by atoms with Gasteiger partial charge in [0.25, 0.3) is 0 Å². The maximum atomic E-state index is 4.88. The highest BCUT2D eigenvalue weighted by Crippen LogP contribution is 2.42. The Morgan fingerprint density at radius 3 is 2.54 bits per heavy atom. The van der Waals surface area contributed by atoms with Gasteiger partial charge in [0.05, 0.1) is 10.7 Å². The van der Waals surface area contributed by atoms with Crippen molar-refractivity contribution in [3.05, 3.63) is 69.1 Å². The predicted molar refractivity (Wildman–Crippen MR) is 101 cm³/mol. The van der Waals surface area contributed by atoms with Gasteiger partial charge in [-0.25, -0.2) is 9.36 Å². The van der Waals surface area contributed by atoms with Crippen LogP contribution in [0.2, 0.25) is 0 Å². The van der Waals surface area contributed by atoms with E-state index < -0.39 is 0 Å². The number of benzene rings is 1. The molecule has 0 aliphatic carbocycles. The molecular weight excluding hydrogens is 334 g/mol. The summed E-state index contributed by atoms with van der Waals surface area (Å²) in [5, 5.41) is 5.58. The molecule has 0 radical (unpaired) electrons. The zero-order valence-electron chi connectivity index (χ0n) is 13.8. The molecule has 1 aromatic carbocycles. The van der Waals surface area contributed by atoms with Crippen LogP contribution in [0.5, 0.6) is 0 Å². The molecule has 0 saturated carbocycles. The number of thiazole rings is 1. The topological polar surface area (TPSA) is 29.0 Å². The zero-order valence-corrected chi connectivity index (χ0v) is 15.4. The Hall–Kier alpha value is -1.56. The Balaban J connectivity index is 1.59. The van der Waals surface area contributed by atoms with Crippen molar-refractivity contribution in [1.82, 2.24) is 14.3 Å². The van der Waals surface area contributed by atoms with Crippen molar-refractivity contribution in [1.29, 1.82) is 0 Å². The summed E-state index contributed by atoms with van der Waals surface area (Å²) in [5.74, 6) is 0. The van der Waals surface area contributed by atoms with Gasteiger partial charge >= 0.3 is 0 Å². The van der Waals surface area contributed by atoms with Gasteiger partial charge in [-0.15, -0.1) is 11.3 Å². The highest BCUT2D eigenvalue weighted by Gasteiger charge is 2.39. The summed E-state index contributed by atoms with van der Waals surface area (Å²) in [6.45, 7) is 5.31. The van der Waals surface area contributed by atoms with Crippen LogP contribution in [0.4, 0.5) is 0 Å². The fourth-order valence-corrected chi connectivity index (χ4v) is 4.93. The van der Waals surface area contributed by atoms with Gasteiger partial charge in [-0.3, -0.25) is 4.90 Å². The van der Waals surface area contributed by atoms with E-state index in [1.165, 1.54) is 28.4 Å². The van der Waals surface area contributed by atoms with E-state index in [4.69, 9.17) is 4.98 Å². The number of piperidine rings is 1. The summed E-state index contributed by atoms with van der Waals surface area (Å²) in [6.07, 6.45) is 4.24. The maximum absolute atomic E-state index is 4.88. The molecule has 3 nitrogen and oxygen atoms in total. The van der Waals surface area contributed by atoms with E-state index in [2.05, 4.69) is 57.3 Å². The molecule has 1 aliphatic rings. The number of rotatable bonds is 4. The molecule has 5 heteroatoms.